The normalized spacial score (nSPS) is 26.1. The fourth-order valence-corrected chi connectivity index (χ4v) is 3.63. The van der Waals surface area contributed by atoms with Gasteiger partial charge in [0.15, 0.2) is 0 Å². The molecule has 2 fully saturated rings. The van der Waals surface area contributed by atoms with Gasteiger partial charge in [0.05, 0.1) is 6.10 Å². The number of halogens is 1. The van der Waals surface area contributed by atoms with Crippen molar-refractivity contribution < 1.29 is 23.8 Å². The molecule has 1 saturated carbocycles. The van der Waals surface area contributed by atoms with Gasteiger partial charge in [-0.1, -0.05) is 25.1 Å². The molecule has 3 N–H and O–H groups in total. The predicted octanol–water partition coefficient (Wildman–Crippen LogP) is 1.63. The van der Waals surface area contributed by atoms with Gasteiger partial charge in [-0.05, 0) is 37.4 Å². The van der Waals surface area contributed by atoms with Crippen molar-refractivity contribution >= 4 is 12.3 Å². The van der Waals surface area contributed by atoms with Crippen LogP contribution in [0.5, 0.6) is 0 Å². The van der Waals surface area contributed by atoms with E-state index in [0.717, 1.165) is 18.2 Å². The van der Waals surface area contributed by atoms with E-state index < -0.39 is 12.0 Å². The highest BCUT2D eigenvalue weighted by Gasteiger charge is 2.48. The molecule has 2 aliphatic rings. The molecule has 27 heavy (non-hydrogen) atoms. The first kappa shape index (κ1) is 21.5. The first-order valence-corrected chi connectivity index (χ1v) is 9.28. The lowest BCUT2D eigenvalue weighted by Crippen LogP contribution is -2.42. The SMILES string of the molecule is CNC(Cc1ccccc1F)C(=O)O.COC(C(C)C=O)C1CC2CC2N1. The van der Waals surface area contributed by atoms with Gasteiger partial charge in [-0.25, -0.2) is 4.39 Å². The van der Waals surface area contributed by atoms with Crippen molar-refractivity contribution in [1.29, 1.82) is 0 Å². The molecule has 6 nitrogen and oxygen atoms in total. The summed E-state index contributed by atoms with van der Waals surface area (Å²) in [4.78, 5) is 21.3. The van der Waals surface area contributed by atoms with Crippen molar-refractivity contribution in [3.8, 4) is 0 Å². The number of piperidine rings is 1. The summed E-state index contributed by atoms with van der Waals surface area (Å²) in [5.41, 5.74) is 0.411. The lowest BCUT2D eigenvalue weighted by atomic mass is 9.96. The van der Waals surface area contributed by atoms with E-state index in [1.807, 2.05) is 6.92 Å². The van der Waals surface area contributed by atoms with Crippen LogP contribution in [-0.2, 0) is 20.7 Å². The number of rotatable bonds is 8. The summed E-state index contributed by atoms with van der Waals surface area (Å²) in [6, 6.07) is 6.55. The summed E-state index contributed by atoms with van der Waals surface area (Å²) in [6.45, 7) is 1.92. The summed E-state index contributed by atoms with van der Waals surface area (Å²) in [5.74, 6) is -0.480. The molecular formula is C20H29FN2O4. The van der Waals surface area contributed by atoms with Crippen LogP contribution in [0, 0.1) is 17.7 Å². The highest BCUT2D eigenvalue weighted by atomic mass is 19.1. The Balaban J connectivity index is 0.000000194. The molecule has 6 atom stereocenters. The third-order valence-corrected chi connectivity index (χ3v) is 5.34. The van der Waals surface area contributed by atoms with Crippen molar-refractivity contribution in [3.63, 3.8) is 0 Å². The van der Waals surface area contributed by atoms with Gasteiger partial charge >= 0.3 is 5.97 Å². The van der Waals surface area contributed by atoms with Gasteiger partial charge in [0.2, 0.25) is 0 Å². The van der Waals surface area contributed by atoms with Crippen LogP contribution in [0.15, 0.2) is 24.3 Å². The molecule has 0 aromatic heterocycles. The third kappa shape index (κ3) is 5.82. The van der Waals surface area contributed by atoms with Crippen LogP contribution >= 0.6 is 0 Å². The molecule has 0 bridgehead atoms. The highest BCUT2D eigenvalue weighted by molar-refractivity contribution is 5.73. The number of benzene rings is 1. The van der Waals surface area contributed by atoms with Gasteiger partial charge in [-0.3, -0.25) is 4.79 Å². The van der Waals surface area contributed by atoms with E-state index in [9.17, 15) is 14.0 Å². The summed E-state index contributed by atoms with van der Waals surface area (Å²) in [6.07, 6.45) is 3.70. The fraction of sp³-hybridized carbons (Fsp3) is 0.600. The average molecular weight is 380 g/mol. The summed E-state index contributed by atoms with van der Waals surface area (Å²) < 4.78 is 18.5. The molecule has 3 rings (SSSR count). The molecule has 0 radical (unpaired) electrons. The molecule has 1 aliphatic carbocycles. The minimum atomic E-state index is -0.976. The number of aliphatic carboxylic acids is 1. The van der Waals surface area contributed by atoms with Gasteiger partial charge in [0.1, 0.15) is 18.1 Å². The Kier molecular flexibility index (Phi) is 7.89. The summed E-state index contributed by atoms with van der Waals surface area (Å²) >= 11 is 0. The molecule has 150 valence electrons. The maximum absolute atomic E-state index is 13.1. The zero-order chi connectivity index (χ0) is 20.0. The van der Waals surface area contributed by atoms with Crippen molar-refractivity contribution in [2.45, 2.75) is 50.4 Å². The number of likely N-dealkylation sites (N-methyl/N-ethyl adjacent to an activating group) is 1. The van der Waals surface area contributed by atoms with E-state index in [-0.39, 0.29) is 24.3 Å². The van der Waals surface area contributed by atoms with Crippen LogP contribution in [0.1, 0.15) is 25.3 Å². The van der Waals surface area contributed by atoms with Crippen LogP contribution in [0.3, 0.4) is 0 Å². The molecule has 6 unspecified atom stereocenters. The topological polar surface area (TPSA) is 87.7 Å². The van der Waals surface area contributed by atoms with Gasteiger partial charge in [0.25, 0.3) is 0 Å². The number of nitrogens with one attached hydrogen (secondary N) is 2. The number of aldehydes is 1. The van der Waals surface area contributed by atoms with E-state index in [1.165, 1.54) is 18.9 Å². The second kappa shape index (κ2) is 9.92. The van der Waals surface area contributed by atoms with E-state index in [2.05, 4.69) is 10.6 Å². The smallest absolute Gasteiger partial charge is 0.321 e. The third-order valence-electron chi connectivity index (χ3n) is 5.34. The van der Waals surface area contributed by atoms with Gasteiger partial charge < -0.3 is 25.3 Å². The van der Waals surface area contributed by atoms with Gasteiger partial charge in [-0.15, -0.1) is 0 Å². The number of hydrogen-bond acceptors (Lipinski definition) is 5. The van der Waals surface area contributed by atoms with E-state index >= 15 is 0 Å². The summed E-state index contributed by atoms with van der Waals surface area (Å²) in [7, 11) is 3.23. The number of fused-ring (bicyclic) bond motifs is 1. The van der Waals surface area contributed by atoms with Crippen LogP contribution in [0.2, 0.25) is 0 Å². The number of hydrogen-bond donors (Lipinski definition) is 3. The van der Waals surface area contributed by atoms with Gasteiger partial charge in [-0.2, -0.15) is 0 Å². The second-order valence-electron chi connectivity index (χ2n) is 7.28. The Hall–Kier alpha value is -1.83. The molecule has 0 spiro atoms. The predicted molar refractivity (Wildman–Crippen MR) is 100 cm³/mol. The summed E-state index contributed by atoms with van der Waals surface area (Å²) in [5, 5.41) is 14.9. The molecule has 0 amide bonds. The Morgan fingerprint density at radius 2 is 2.15 bits per heavy atom. The Morgan fingerprint density at radius 1 is 1.44 bits per heavy atom. The van der Waals surface area contributed by atoms with Crippen LogP contribution in [0.25, 0.3) is 0 Å². The second-order valence-corrected chi connectivity index (χ2v) is 7.28. The number of carbonyl (C=O) groups excluding carboxylic acids is 1. The van der Waals surface area contributed by atoms with Crippen molar-refractivity contribution in [3.05, 3.63) is 35.6 Å². The van der Waals surface area contributed by atoms with Crippen LogP contribution in [0.4, 0.5) is 4.39 Å². The van der Waals surface area contributed by atoms with Crippen molar-refractivity contribution in [2.24, 2.45) is 11.8 Å². The monoisotopic (exact) mass is 380 g/mol. The van der Waals surface area contributed by atoms with Crippen molar-refractivity contribution in [2.75, 3.05) is 14.2 Å². The highest BCUT2D eigenvalue weighted by Crippen LogP contribution is 2.42. The Labute approximate surface area is 159 Å². The van der Waals surface area contributed by atoms with Gasteiger partial charge in [0, 0.05) is 31.5 Å². The Morgan fingerprint density at radius 3 is 2.63 bits per heavy atom. The number of carboxylic acids is 1. The molecule has 1 aromatic rings. The molecule has 7 heteroatoms. The zero-order valence-electron chi connectivity index (χ0n) is 16.0. The molecule has 1 aromatic carbocycles. The van der Waals surface area contributed by atoms with E-state index in [4.69, 9.17) is 9.84 Å². The molecule has 1 saturated heterocycles. The van der Waals surface area contributed by atoms with Crippen molar-refractivity contribution in [1.82, 2.24) is 10.6 Å². The molecule has 1 aliphatic heterocycles. The molecule has 1 heterocycles. The average Bonchev–Trinajstić information content (AvgIpc) is 3.27. The lowest BCUT2D eigenvalue weighted by Gasteiger charge is -2.26. The number of ether oxygens (including phenoxy) is 1. The standard InChI is InChI=1S/C10H12FNO2.C10H17NO2/c1-12-9(10(13)14)6-7-4-2-3-5-8(7)11;1-6(5-12)10(13-2)9-4-7-3-8(7)11-9/h2-5,9,12H,6H2,1H3,(H,13,14);5-11H,3-4H2,1-2H3. The lowest BCUT2D eigenvalue weighted by molar-refractivity contribution is -0.139. The van der Waals surface area contributed by atoms with Crippen LogP contribution in [-0.4, -0.2) is 55.7 Å². The largest absolute Gasteiger partial charge is 0.480 e. The first-order valence-electron chi connectivity index (χ1n) is 9.28. The minimum absolute atomic E-state index is 0.000000000000000222. The maximum Gasteiger partial charge on any atom is 0.321 e. The van der Waals surface area contributed by atoms with E-state index in [1.54, 1.807) is 32.4 Å². The number of carbonyl (C=O) groups is 2. The zero-order valence-corrected chi connectivity index (χ0v) is 16.0. The maximum atomic E-state index is 13.1. The number of methoxy groups -OCH3 is 1. The Bertz CT molecular complexity index is 632. The minimum Gasteiger partial charge on any atom is -0.480 e. The fourth-order valence-electron chi connectivity index (χ4n) is 3.63. The van der Waals surface area contributed by atoms with E-state index in [0.29, 0.717) is 11.6 Å². The first-order chi connectivity index (χ1) is 12.9. The quantitative estimate of drug-likeness (QED) is 0.594. The number of carboxylic acid groups (broad SMARTS) is 1. The van der Waals surface area contributed by atoms with Crippen LogP contribution < -0.4 is 10.6 Å². The molecular weight excluding hydrogens is 351 g/mol.